The van der Waals surface area contributed by atoms with E-state index in [1.165, 1.54) is 30.5 Å². The van der Waals surface area contributed by atoms with Crippen molar-refractivity contribution in [3.8, 4) is 11.3 Å². The summed E-state index contributed by atoms with van der Waals surface area (Å²) in [5.74, 6) is 0.223. The van der Waals surface area contributed by atoms with Gasteiger partial charge in [-0.2, -0.15) is 0 Å². The fraction of sp³-hybridized carbons (Fsp3) is 0.261. The molecule has 1 aromatic heterocycles. The van der Waals surface area contributed by atoms with Gasteiger partial charge in [0.25, 0.3) is 5.91 Å². The van der Waals surface area contributed by atoms with E-state index in [1.54, 1.807) is 24.3 Å². The predicted molar refractivity (Wildman–Crippen MR) is 106 cm³/mol. The summed E-state index contributed by atoms with van der Waals surface area (Å²) >= 11 is 0. The number of carbonyl (C=O) groups excluding carboxylic acids is 1. The molecule has 1 aliphatic heterocycles. The number of halogens is 1. The molecule has 0 radical (unpaired) electrons. The minimum absolute atomic E-state index is 0.247. The number of hydrogen-bond acceptors (Lipinski definition) is 3. The van der Waals surface area contributed by atoms with Gasteiger partial charge in [-0.1, -0.05) is 24.3 Å². The maximum Gasteiger partial charge on any atom is 0.287 e. The van der Waals surface area contributed by atoms with Crippen LogP contribution in [0.15, 0.2) is 65.1 Å². The zero-order valence-electron chi connectivity index (χ0n) is 15.7. The van der Waals surface area contributed by atoms with Gasteiger partial charge in [-0.05, 0) is 73.5 Å². The van der Waals surface area contributed by atoms with Crippen LogP contribution in [0.25, 0.3) is 11.3 Å². The van der Waals surface area contributed by atoms with Crippen LogP contribution in [0.2, 0.25) is 0 Å². The van der Waals surface area contributed by atoms with Gasteiger partial charge in [-0.25, -0.2) is 4.39 Å². The van der Waals surface area contributed by atoms with Gasteiger partial charge in [0.1, 0.15) is 11.6 Å². The molecule has 1 N–H and O–H groups in total. The molecule has 1 amide bonds. The van der Waals surface area contributed by atoms with Crippen LogP contribution in [0.4, 0.5) is 4.39 Å². The van der Waals surface area contributed by atoms with E-state index in [1.807, 2.05) is 12.1 Å². The average molecular weight is 378 g/mol. The Balaban J connectivity index is 1.40. The fourth-order valence-corrected chi connectivity index (χ4v) is 3.56. The van der Waals surface area contributed by atoms with E-state index in [2.05, 4.69) is 22.3 Å². The molecule has 1 aliphatic rings. The number of carbonyl (C=O) groups is 1. The normalized spacial score (nSPS) is 14.3. The van der Waals surface area contributed by atoms with E-state index in [0.717, 1.165) is 30.8 Å². The summed E-state index contributed by atoms with van der Waals surface area (Å²) in [6.45, 7) is 3.65. The first kappa shape index (κ1) is 18.4. The summed E-state index contributed by atoms with van der Waals surface area (Å²) in [5, 5.41) is 2.94. The number of amides is 1. The van der Waals surface area contributed by atoms with Crippen LogP contribution in [-0.2, 0) is 13.1 Å². The maximum atomic E-state index is 13.1. The largest absolute Gasteiger partial charge is 0.451 e. The Morgan fingerprint density at radius 3 is 2.43 bits per heavy atom. The third-order valence-electron chi connectivity index (χ3n) is 5.11. The lowest BCUT2D eigenvalue weighted by Crippen LogP contribution is -2.24. The highest BCUT2D eigenvalue weighted by Crippen LogP contribution is 2.22. The van der Waals surface area contributed by atoms with E-state index < -0.39 is 0 Å². The number of nitrogens with one attached hydrogen (secondary N) is 1. The molecule has 1 saturated heterocycles. The zero-order valence-corrected chi connectivity index (χ0v) is 15.7. The topological polar surface area (TPSA) is 45.5 Å². The molecule has 0 bridgehead atoms. The Morgan fingerprint density at radius 1 is 0.964 bits per heavy atom. The average Bonchev–Trinajstić information content (AvgIpc) is 3.40. The zero-order chi connectivity index (χ0) is 19.3. The number of furan rings is 1. The van der Waals surface area contributed by atoms with Crippen molar-refractivity contribution in [1.29, 1.82) is 0 Å². The second-order valence-corrected chi connectivity index (χ2v) is 7.11. The van der Waals surface area contributed by atoms with E-state index in [9.17, 15) is 9.18 Å². The van der Waals surface area contributed by atoms with Gasteiger partial charge >= 0.3 is 0 Å². The Bertz CT molecular complexity index is 943. The first-order valence-electron chi connectivity index (χ1n) is 9.62. The molecule has 5 heteroatoms. The lowest BCUT2D eigenvalue weighted by Gasteiger charge is -2.17. The quantitative estimate of drug-likeness (QED) is 0.681. The van der Waals surface area contributed by atoms with Crippen molar-refractivity contribution < 1.29 is 13.6 Å². The molecule has 0 atom stereocenters. The summed E-state index contributed by atoms with van der Waals surface area (Å²) in [7, 11) is 0. The molecule has 0 unspecified atom stereocenters. The van der Waals surface area contributed by atoms with Gasteiger partial charge in [0.2, 0.25) is 0 Å². The summed E-state index contributed by atoms with van der Waals surface area (Å²) in [5.41, 5.74) is 3.10. The smallest absolute Gasteiger partial charge is 0.287 e. The number of rotatable bonds is 6. The first-order valence-corrected chi connectivity index (χ1v) is 9.62. The number of hydrogen-bond donors (Lipinski definition) is 1. The molecule has 28 heavy (non-hydrogen) atoms. The standard InChI is InChI=1S/C23H23FN2O2/c24-20-9-7-17(8-10-20)21-11-12-22(28-21)23(27)25-15-18-5-1-2-6-19(18)16-26-13-3-4-14-26/h1-2,5-12H,3-4,13-16H2,(H,25,27). The molecule has 0 saturated carbocycles. The molecule has 2 heterocycles. The van der Waals surface area contributed by atoms with Crippen LogP contribution < -0.4 is 5.32 Å². The second-order valence-electron chi connectivity index (χ2n) is 7.11. The Labute approximate surface area is 164 Å². The highest BCUT2D eigenvalue weighted by molar-refractivity contribution is 5.92. The van der Waals surface area contributed by atoms with Gasteiger partial charge in [-0.3, -0.25) is 9.69 Å². The van der Waals surface area contributed by atoms with Crippen molar-refractivity contribution in [3.05, 3.63) is 83.4 Å². The lowest BCUT2D eigenvalue weighted by atomic mass is 10.1. The van der Waals surface area contributed by atoms with Crippen molar-refractivity contribution >= 4 is 5.91 Å². The lowest BCUT2D eigenvalue weighted by molar-refractivity contribution is 0.0924. The molecule has 1 fully saturated rings. The van der Waals surface area contributed by atoms with Crippen LogP contribution in [0.3, 0.4) is 0 Å². The van der Waals surface area contributed by atoms with Crippen LogP contribution in [0.5, 0.6) is 0 Å². The highest BCUT2D eigenvalue weighted by atomic mass is 19.1. The van der Waals surface area contributed by atoms with E-state index in [-0.39, 0.29) is 17.5 Å². The fourth-order valence-electron chi connectivity index (χ4n) is 3.56. The van der Waals surface area contributed by atoms with Crippen molar-refractivity contribution in [1.82, 2.24) is 10.2 Å². The second kappa shape index (κ2) is 8.40. The summed E-state index contributed by atoms with van der Waals surface area (Å²) in [6.07, 6.45) is 2.52. The summed E-state index contributed by atoms with van der Waals surface area (Å²) < 4.78 is 18.7. The van der Waals surface area contributed by atoms with Gasteiger partial charge in [0, 0.05) is 18.7 Å². The van der Waals surface area contributed by atoms with Gasteiger partial charge in [-0.15, -0.1) is 0 Å². The third-order valence-corrected chi connectivity index (χ3v) is 5.11. The van der Waals surface area contributed by atoms with Crippen LogP contribution >= 0.6 is 0 Å². The molecule has 4 rings (SSSR count). The monoisotopic (exact) mass is 378 g/mol. The summed E-state index contributed by atoms with van der Waals surface area (Å²) in [4.78, 5) is 14.9. The molecule has 144 valence electrons. The van der Waals surface area contributed by atoms with E-state index >= 15 is 0 Å². The Morgan fingerprint density at radius 2 is 1.68 bits per heavy atom. The number of likely N-dealkylation sites (tertiary alicyclic amines) is 1. The number of benzene rings is 2. The molecule has 3 aromatic rings. The van der Waals surface area contributed by atoms with Crippen LogP contribution in [0.1, 0.15) is 34.5 Å². The first-order chi connectivity index (χ1) is 13.7. The van der Waals surface area contributed by atoms with Crippen LogP contribution in [-0.4, -0.2) is 23.9 Å². The molecule has 4 nitrogen and oxygen atoms in total. The molecular weight excluding hydrogens is 355 g/mol. The SMILES string of the molecule is O=C(NCc1ccccc1CN1CCCC1)c1ccc(-c2ccc(F)cc2)o1. The van der Waals surface area contributed by atoms with Crippen molar-refractivity contribution in [2.75, 3.05) is 13.1 Å². The summed E-state index contributed by atoms with van der Waals surface area (Å²) in [6, 6.07) is 17.6. The van der Waals surface area contributed by atoms with Crippen molar-refractivity contribution in [3.63, 3.8) is 0 Å². The maximum absolute atomic E-state index is 13.1. The minimum atomic E-state index is -0.305. The van der Waals surface area contributed by atoms with Gasteiger partial charge in [0.05, 0.1) is 0 Å². The molecular formula is C23H23FN2O2. The van der Waals surface area contributed by atoms with E-state index in [0.29, 0.717) is 12.3 Å². The van der Waals surface area contributed by atoms with Gasteiger partial charge < -0.3 is 9.73 Å². The van der Waals surface area contributed by atoms with E-state index in [4.69, 9.17) is 4.42 Å². The molecule has 0 spiro atoms. The minimum Gasteiger partial charge on any atom is -0.451 e. The molecule has 0 aliphatic carbocycles. The number of nitrogens with zero attached hydrogens (tertiary/aromatic N) is 1. The van der Waals surface area contributed by atoms with Gasteiger partial charge in [0.15, 0.2) is 5.76 Å². The highest BCUT2D eigenvalue weighted by Gasteiger charge is 2.15. The Hall–Kier alpha value is -2.92. The molecule has 2 aromatic carbocycles. The third kappa shape index (κ3) is 4.31. The van der Waals surface area contributed by atoms with Crippen molar-refractivity contribution in [2.45, 2.75) is 25.9 Å². The predicted octanol–water partition coefficient (Wildman–Crippen LogP) is 4.61. The Kier molecular flexibility index (Phi) is 5.53. The van der Waals surface area contributed by atoms with Crippen molar-refractivity contribution in [2.24, 2.45) is 0 Å². The van der Waals surface area contributed by atoms with Crippen LogP contribution in [0, 0.1) is 5.82 Å².